The first kappa shape index (κ1) is 10.8. The average molecular weight is 253 g/mol. The van der Waals surface area contributed by atoms with Crippen molar-refractivity contribution in [3.8, 4) is 6.07 Å². The van der Waals surface area contributed by atoms with E-state index in [9.17, 15) is 5.26 Å². The topological polar surface area (TPSA) is 68.6 Å². The average Bonchev–Trinajstić information content (AvgIpc) is 2.84. The Bertz CT molecular complexity index is 693. The fourth-order valence-electron chi connectivity index (χ4n) is 3.57. The van der Waals surface area contributed by atoms with Crippen molar-refractivity contribution in [2.75, 3.05) is 18.0 Å². The van der Waals surface area contributed by atoms with Gasteiger partial charge in [0.2, 0.25) is 0 Å². The van der Waals surface area contributed by atoms with Crippen LogP contribution in [0.25, 0.3) is 11.0 Å². The highest BCUT2D eigenvalue weighted by molar-refractivity contribution is 5.93. The van der Waals surface area contributed by atoms with E-state index < -0.39 is 0 Å². The van der Waals surface area contributed by atoms with Crippen LogP contribution in [-0.2, 0) is 0 Å². The number of aromatic nitrogens is 3. The SMILES string of the molecule is CC[C@]12C[C@H]1CN(c1ncnc3[nH]cc(C#N)c13)C2. The molecule has 2 aromatic heterocycles. The van der Waals surface area contributed by atoms with Gasteiger partial charge in [-0.15, -0.1) is 0 Å². The number of fused-ring (bicyclic) bond motifs is 2. The van der Waals surface area contributed by atoms with E-state index in [1.807, 2.05) is 0 Å². The summed E-state index contributed by atoms with van der Waals surface area (Å²) < 4.78 is 0. The van der Waals surface area contributed by atoms with Crippen LogP contribution in [0.2, 0.25) is 0 Å². The van der Waals surface area contributed by atoms with Crippen LogP contribution in [-0.4, -0.2) is 28.0 Å². The number of H-pyrrole nitrogens is 1. The van der Waals surface area contributed by atoms with Crippen LogP contribution in [0.4, 0.5) is 5.82 Å². The Morgan fingerprint density at radius 3 is 3.21 bits per heavy atom. The molecule has 5 heteroatoms. The number of hydrogen-bond acceptors (Lipinski definition) is 4. The van der Waals surface area contributed by atoms with Gasteiger partial charge in [0.15, 0.2) is 0 Å². The number of piperidine rings is 1. The predicted molar refractivity (Wildman–Crippen MR) is 71.6 cm³/mol. The van der Waals surface area contributed by atoms with E-state index in [-0.39, 0.29) is 0 Å². The molecule has 0 amide bonds. The quantitative estimate of drug-likeness (QED) is 0.889. The summed E-state index contributed by atoms with van der Waals surface area (Å²) in [6.45, 7) is 4.41. The molecule has 5 nitrogen and oxygen atoms in total. The van der Waals surface area contributed by atoms with Crippen LogP contribution in [0.5, 0.6) is 0 Å². The molecule has 2 aromatic rings. The zero-order valence-corrected chi connectivity index (χ0v) is 10.8. The molecular weight excluding hydrogens is 238 g/mol. The largest absolute Gasteiger partial charge is 0.355 e. The lowest BCUT2D eigenvalue weighted by atomic mass is 10.0. The summed E-state index contributed by atoms with van der Waals surface area (Å²) in [6.07, 6.45) is 5.89. The van der Waals surface area contributed by atoms with Gasteiger partial charge in [0.05, 0.1) is 10.9 Å². The lowest BCUT2D eigenvalue weighted by Crippen LogP contribution is -2.25. The molecular formula is C14H15N5. The summed E-state index contributed by atoms with van der Waals surface area (Å²) in [7, 11) is 0. The van der Waals surface area contributed by atoms with Gasteiger partial charge in [-0.1, -0.05) is 6.92 Å². The first-order valence-corrected chi connectivity index (χ1v) is 6.74. The molecule has 1 N–H and O–H groups in total. The molecule has 96 valence electrons. The molecule has 19 heavy (non-hydrogen) atoms. The van der Waals surface area contributed by atoms with Gasteiger partial charge in [0, 0.05) is 19.3 Å². The smallest absolute Gasteiger partial charge is 0.144 e. The molecule has 3 heterocycles. The lowest BCUT2D eigenvalue weighted by Gasteiger charge is -2.22. The van der Waals surface area contributed by atoms with E-state index in [2.05, 4.69) is 32.8 Å². The van der Waals surface area contributed by atoms with Crippen LogP contribution >= 0.6 is 0 Å². The zero-order valence-electron chi connectivity index (χ0n) is 10.8. The Balaban J connectivity index is 1.80. The third-order valence-corrected chi connectivity index (χ3v) is 4.88. The molecule has 0 radical (unpaired) electrons. The maximum absolute atomic E-state index is 9.21. The molecule has 0 aromatic carbocycles. The minimum Gasteiger partial charge on any atom is -0.355 e. The predicted octanol–water partition coefficient (Wildman–Crippen LogP) is 2.07. The van der Waals surface area contributed by atoms with Gasteiger partial charge in [0.25, 0.3) is 0 Å². The first-order valence-electron chi connectivity index (χ1n) is 6.74. The molecule has 2 aliphatic rings. The first-order chi connectivity index (χ1) is 9.27. The molecule has 1 aliphatic heterocycles. The Morgan fingerprint density at radius 1 is 1.58 bits per heavy atom. The highest BCUT2D eigenvalue weighted by atomic mass is 15.2. The van der Waals surface area contributed by atoms with Crippen LogP contribution in [0.15, 0.2) is 12.5 Å². The Hall–Kier alpha value is -2.09. The van der Waals surface area contributed by atoms with Crippen molar-refractivity contribution in [2.24, 2.45) is 11.3 Å². The van der Waals surface area contributed by atoms with Crippen molar-refractivity contribution in [3.05, 3.63) is 18.1 Å². The van der Waals surface area contributed by atoms with Crippen molar-refractivity contribution in [1.29, 1.82) is 5.26 Å². The van der Waals surface area contributed by atoms with Crippen molar-refractivity contribution in [2.45, 2.75) is 19.8 Å². The zero-order chi connectivity index (χ0) is 13.0. The Morgan fingerprint density at radius 2 is 2.47 bits per heavy atom. The number of hydrogen-bond donors (Lipinski definition) is 1. The maximum atomic E-state index is 9.21. The van der Waals surface area contributed by atoms with Gasteiger partial charge in [-0.3, -0.25) is 0 Å². The summed E-state index contributed by atoms with van der Waals surface area (Å²) in [5, 5.41) is 10.1. The van der Waals surface area contributed by atoms with Crippen molar-refractivity contribution in [1.82, 2.24) is 15.0 Å². The number of rotatable bonds is 2. The number of nitriles is 1. The van der Waals surface area contributed by atoms with Gasteiger partial charge < -0.3 is 9.88 Å². The Labute approximate surface area is 111 Å². The maximum Gasteiger partial charge on any atom is 0.144 e. The van der Waals surface area contributed by atoms with E-state index in [0.29, 0.717) is 11.0 Å². The molecule has 0 unspecified atom stereocenters. The van der Waals surface area contributed by atoms with Crippen molar-refractivity contribution in [3.63, 3.8) is 0 Å². The molecule has 1 aliphatic carbocycles. The second-order valence-corrected chi connectivity index (χ2v) is 5.73. The minimum atomic E-state index is 0.514. The number of nitrogens with one attached hydrogen (secondary N) is 1. The van der Waals surface area contributed by atoms with Crippen molar-refractivity contribution < 1.29 is 0 Å². The third-order valence-electron chi connectivity index (χ3n) is 4.88. The second-order valence-electron chi connectivity index (χ2n) is 5.73. The number of nitrogens with zero attached hydrogens (tertiary/aromatic N) is 4. The summed E-state index contributed by atoms with van der Waals surface area (Å²) in [6, 6.07) is 2.22. The van der Waals surface area contributed by atoms with Gasteiger partial charge in [-0.25, -0.2) is 9.97 Å². The summed E-state index contributed by atoms with van der Waals surface area (Å²) in [5.74, 6) is 1.73. The number of aromatic amines is 1. The van der Waals surface area contributed by atoms with Crippen LogP contribution < -0.4 is 4.90 Å². The van der Waals surface area contributed by atoms with Crippen molar-refractivity contribution >= 4 is 16.9 Å². The van der Waals surface area contributed by atoms with E-state index >= 15 is 0 Å². The molecule has 0 spiro atoms. The molecule has 1 saturated heterocycles. The van der Waals surface area contributed by atoms with E-state index in [1.165, 1.54) is 12.8 Å². The number of anilines is 1. The molecule has 2 atom stereocenters. The Kier molecular flexibility index (Phi) is 1.97. The summed E-state index contributed by atoms with van der Waals surface area (Å²) in [4.78, 5) is 14.0. The highest BCUT2D eigenvalue weighted by Crippen LogP contribution is 2.60. The summed E-state index contributed by atoms with van der Waals surface area (Å²) in [5.41, 5.74) is 1.91. The van der Waals surface area contributed by atoms with Gasteiger partial charge in [-0.2, -0.15) is 5.26 Å². The summed E-state index contributed by atoms with van der Waals surface area (Å²) >= 11 is 0. The molecule has 4 rings (SSSR count). The van der Waals surface area contributed by atoms with Crippen LogP contribution in [0.1, 0.15) is 25.3 Å². The van der Waals surface area contributed by atoms with Crippen LogP contribution in [0, 0.1) is 22.7 Å². The van der Waals surface area contributed by atoms with Gasteiger partial charge in [-0.05, 0) is 24.2 Å². The molecule has 2 fully saturated rings. The van der Waals surface area contributed by atoms with E-state index in [1.54, 1.807) is 12.5 Å². The second kappa shape index (κ2) is 3.47. The van der Waals surface area contributed by atoms with E-state index in [4.69, 9.17) is 0 Å². The third kappa shape index (κ3) is 1.34. The minimum absolute atomic E-state index is 0.514. The van der Waals surface area contributed by atoms with E-state index in [0.717, 1.165) is 35.9 Å². The fourth-order valence-corrected chi connectivity index (χ4v) is 3.57. The monoisotopic (exact) mass is 253 g/mol. The standard InChI is InChI=1S/C14H15N5/c1-2-14-3-10(14)6-19(7-14)13-11-9(4-15)5-16-12(11)17-8-18-13/h5,8,10H,2-3,6-7H2,1H3,(H,16,17,18)/t10-,14+/m0/s1. The molecule has 0 bridgehead atoms. The van der Waals surface area contributed by atoms with Gasteiger partial charge >= 0.3 is 0 Å². The highest BCUT2D eigenvalue weighted by Gasteiger charge is 2.58. The lowest BCUT2D eigenvalue weighted by molar-refractivity contribution is 0.509. The molecule has 1 saturated carbocycles. The van der Waals surface area contributed by atoms with Gasteiger partial charge in [0.1, 0.15) is 23.9 Å². The normalized spacial score (nSPS) is 28.4. The fraction of sp³-hybridized carbons (Fsp3) is 0.500. The van der Waals surface area contributed by atoms with Crippen LogP contribution in [0.3, 0.4) is 0 Å².